The van der Waals surface area contributed by atoms with Crippen molar-refractivity contribution in [1.29, 1.82) is 0 Å². The molecule has 0 aliphatic carbocycles. The molecule has 0 bridgehead atoms. The van der Waals surface area contributed by atoms with Crippen molar-refractivity contribution >= 4 is 0 Å². The molecule has 6 heteroatoms. The molecule has 0 amide bonds. The van der Waals surface area contributed by atoms with Crippen molar-refractivity contribution < 1.29 is 0 Å². The standard InChI is InChI=1S/C52H40N6/c1-52(2,3)43-30-31-44(39-26-16-28-41(32-39)50-55-46(35-18-8-4-9-19-35)53-47(56-50)36-20-10-5-11-21-36)45(34-43)40-27-17-29-42(33-40)51-57-48(37-22-12-6-13-23-37)54-49(58-51)38-24-14-7-15-25-38/h4-34H,1-3H3. The van der Waals surface area contributed by atoms with Crippen molar-refractivity contribution in [2.45, 2.75) is 26.2 Å². The van der Waals surface area contributed by atoms with Crippen LogP contribution in [-0.2, 0) is 5.41 Å². The van der Waals surface area contributed by atoms with E-state index in [1.54, 1.807) is 0 Å². The maximum Gasteiger partial charge on any atom is 0.164 e. The first kappa shape index (κ1) is 36.2. The van der Waals surface area contributed by atoms with Gasteiger partial charge in [0.2, 0.25) is 0 Å². The first-order chi connectivity index (χ1) is 28.4. The molecule has 2 heterocycles. The first-order valence-corrected chi connectivity index (χ1v) is 19.5. The molecule has 0 saturated carbocycles. The Hall–Kier alpha value is -7.44. The van der Waals surface area contributed by atoms with Crippen molar-refractivity contribution in [3.05, 3.63) is 194 Å². The zero-order valence-electron chi connectivity index (χ0n) is 32.6. The molecule has 58 heavy (non-hydrogen) atoms. The summed E-state index contributed by atoms with van der Waals surface area (Å²) < 4.78 is 0. The molecule has 0 saturated heterocycles. The Labute approximate surface area is 339 Å². The van der Waals surface area contributed by atoms with E-state index in [1.807, 2.05) is 121 Å². The van der Waals surface area contributed by atoms with Crippen molar-refractivity contribution in [3.63, 3.8) is 0 Å². The number of benzene rings is 7. The molecule has 0 atom stereocenters. The fourth-order valence-corrected chi connectivity index (χ4v) is 7.03. The quantitative estimate of drug-likeness (QED) is 0.154. The lowest BCUT2D eigenvalue weighted by Crippen LogP contribution is -2.11. The fraction of sp³-hybridized carbons (Fsp3) is 0.0769. The molecule has 0 radical (unpaired) electrons. The van der Waals surface area contributed by atoms with Gasteiger partial charge in [0.1, 0.15) is 0 Å². The van der Waals surface area contributed by atoms with Crippen LogP contribution in [0.5, 0.6) is 0 Å². The van der Waals surface area contributed by atoms with Gasteiger partial charge in [-0.25, -0.2) is 29.9 Å². The highest BCUT2D eigenvalue weighted by molar-refractivity contribution is 5.87. The maximum atomic E-state index is 5.03. The second-order valence-corrected chi connectivity index (χ2v) is 15.2. The minimum absolute atomic E-state index is 0.0668. The second-order valence-electron chi connectivity index (χ2n) is 15.2. The van der Waals surface area contributed by atoms with Crippen molar-refractivity contribution in [1.82, 2.24) is 29.9 Å². The fourth-order valence-electron chi connectivity index (χ4n) is 7.03. The minimum Gasteiger partial charge on any atom is -0.208 e. The number of nitrogens with zero attached hydrogens (tertiary/aromatic N) is 6. The van der Waals surface area contributed by atoms with Crippen LogP contribution in [0.1, 0.15) is 26.3 Å². The molecule has 0 aliphatic heterocycles. The van der Waals surface area contributed by atoms with Crippen LogP contribution in [0.15, 0.2) is 188 Å². The highest BCUT2D eigenvalue weighted by Gasteiger charge is 2.20. The summed E-state index contributed by atoms with van der Waals surface area (Å²) in [5.41, 5.74) is 11.0. The molecular formula is C52H40N6. The maximum absolute atomic E-state index is 5.03. The van der Waals surface area contributed by atoms with Crippen LogP contribution in [0.2, 0.25) is 0 Å². The molecule has 6 nitrogen and oxygen atoms in total. The Balaban J connectivity index is 1.17. The highest BCUT2D eigenvalue weighted by atomic mass is 15.0. The zero-order valence-corrected chi connectivity index (χ0v) is 32.6. The van der Waals surface area contributed by atoms with Crippen LogP contribution in [0.25, 0.3) is 90.6 Å². The number of aromatic nitrogens is 6. The van der Waals surface area contributed by atoms with Gasteiger partial charge in [0, 0.05) is 33.4 Å². The zero-order chi connectivity index (χ0) is 39.5. The predicted molar refractivity (Wildman–Crippen MR) is 235 cm³/mol. The third kappa shape index (κ3) is 7.68. The van der Waals surface area contributed by atoms with E-state index in [2.05, 4.69) is 87.5 Å². The Bertz CT molecular complexity index is 2740. The van der Waals surface area contributed by atoms with Crippen LogP contribution in [-0.4, -0.2) is 29.9 Å². The summed E-state index contributed by atoms with van der Waals surface area (Å²) in [7, 11) is 0. The van der Waals surface area contributed by atoms with Gasteiger partial charge >= 0.3 is 0 Å². The molecule has 0 aliphatic rings. The van der Waals surface area contributed by atoms with Crippen LogP contribution in [0, 0.1) is 0 Å². The molecule has 0 N–H and O–H groups in total. The molecule has 278 valence electrons. The normalized spacial score (nSPS) is 11.4. The summed E-state index contributed by atoms with van der Waals surface area (Å²) in [5, 5.41) is 0. The Morgan fingerprint density at radius 2 is 0.552 bits per heavy atom. The van der Waals surface area contributed by atoms with E-state index >= 15 is 0 Å². The summed E-state index contributed by atoms with van der Waals surface area (Å²) in [6.07, 6.45) is 0. The van der Waals surface area contributed by atoms with Gasteiger partial charge in [-0.15, -0.1) is 0 Å². The summed E-state index contributed by atoms with van der Waals surface area (Å²) in [5.74, 6) is 3.75. The Kier molecular flexibility index (Phi) is 9.74. The number of hydrogen-bond acceptors (Lipinski definition) is 6. The molecule has 9 rings (SSSR count). The summed E-state index contributed by atoms with van der Waals surface area (Å²) in [4.78, 5) is 29.9. The monoisotopic (exact) mass is 748 g/mol. The molecule has 2 aromatic heterocycles. The molecule has 0 spiro atoms. The van der Waals surface area contributed by atoms with Crippen molar-refractivity contribution in [2.75, 3.05) is 0 Å². The summed E-state index contributed by atoms with van der Waals surface area (Å²) >= 11 is 0. The predicted octanol–water partition coefficient (Wildman–Crippen LogP) is 12.7. The van der Waals surface area contributed by atoms with E-state index in [0.717, 1.165) is 55.6 Å². The molecule has 7 aromatic carbocycles. The Morgan fingerprint density at radius 1 is 0.259 bits per heavy atom. The third-order valence-corrected chi connectivity index (χ3v) is 10.1. The minimum atomic E-state index is -0.0668. The lowest BCUT2D eigenvalue weighted by Gasteiger charge is -2.22. The van der Waals surface area contributed by atoms with E-state index in [0.29, 0.717) is 34.9 Å². The van der Waals surface area contributed by atoms with E-state index in [4.69, 9.17) is 29.9 Å². The van der Waals surface area contributed by atoms with Gasteiger partial charge in [-0.3, -0.25) is 0 Å². The lowest BCUT2D eigenvalue weighted by atomic mass is 9.82. The number of hydrogen-bond donors (Lipinski definition) is 0. The van der Waals surface area contributed by atoms with Gasteiger partial charge in [0.15, 0.2) is 34.9 Å². The van der Waals surface area contributed by atoms with Crippen LogP contribution >= 0.6 is 0 Å². The molecular weight excluding hydrogens is 709 g/mol. The van der Waals surface area contributed by atoms with Crippen LogP contribution in [0.4, 0.5) is 0 Å². The average molecular weight is 749 g/mol. The van der Waals surface area contributed by atoms with Crippen LogP contribution < -0.4 is 0 Å². The van der Waals surface area contributed by atoms with E-state index in [-0.39, 0.29) is 5.41 Å². The molecule has 0 unspecified atom stereocenters. The van der Waals surface area contributed by atoms with Crippen LogP contribution in [0.3, 0.4) is 0 Å². The van der Waals surface area contributed by atoms with Gasteiger partial charge in [-0.05, 0) is 45.4 Å². The molecule has 9 aromatic rings. The van der Waals surface area contributed by atoms with Gasteiger partial charge in [-0.1, -0.05) is 197 Å². The van der Waals surface area contributed by atoms with Gasteiger partial charge < -0.3 is 0 Å². The van der Waals surface area contributed by atoms with E-state index < -0.39 is 0 Å². The van der Waals surface area contributed by atoms with E-state index in [1.165, 1.54) is 5.56 Å². The van der Waals surface area contributed by atoms with Gasteiger partial charge in [0.05, 0.1) is 0 Å². The Morgan fingerprint density at radius 3 is 0.897 bits per heavy atom. The average Bonchev–Trinajstić information content (AvgIpc) is 3.29. The largest absolute Gasteiger partial charge is 0.208 e. The smallest absolute Gasteiger partial charge is 0.164 e. The third-order valence-electron chi connectivity index (χ3n) is 10.1. The topological polar surface area (TPSA) is 77.3 Å². The second kappa shape index (κ2) is 15.6. The highest BCUT2D eigenvalue weighted by Crippen LogP contribution is 2.39. The SMILES string of the molecule is CC(C)(C)c1ccc(-c2cccc(-c3nc(-c4ccccc4)nc(-c4ccccc4)n3)c2)c(-c2cccc(-c3nc(-c4ccccc4)nc(-c4ccccc4)n3)c2)c1. The van der Waals surface area contributed by atoms with Gasteiger partial charge in [0.25, 0.3) is 0 Å². The summed E-state index contributed by atoms with van der Waals surface area (Å²) in [6, 6.07) is 64.1. The molecule has 0 fully saturated rings. The lowest BCUT2D eigenvalue weighted by molar-refractivity contribution is 0.590. The van der Waals surface area contributed by atoms with Crippen molar-refractivity contribution in [3.8, 4) is 90.6 Å². The number of rotatable bonds is 8. The van der Waals surface area contributed by atoms with E-state index in [9.17, 15) is 0 Å². The first-order valence-electron chi connectivity index (χ1n) is 19.5. The van der Waals surface area contributed by atoms with Crippen molar-refractivity contribution in [2.24, 2.45) is 0 Å². The summed E-state index contributed by atoms with van der Waals surface area (Å²) in [6.45, 7) is 6.75. The van der Waals surface area contributed by atoms with Gasteiger partial charge in [-0.2, -0.15) is 0 Å².